The molecular weight excluding hydrogens is 351 g/mol. The van der Waals surface area contributed by atoms with Crippen molar-refractivity contribution in [2.45, 2.75) is 18.7 Å². The highest BCUT2D eigenvalue weighted by Crippen LogP contribution is 2.27. The molecule has 2 aliphatic rings. The molecular formula is C16H21FN2O5S. The summed E-state index contributed by atoms with van der Waals surface area (Å²) in [7, 11) is -2.14. The second-order valence-corrected chi connectivity index (χ2v) is 8.24. The van der Waals surface area contributed by atoms with Crippen LogP contribution < -0.4 is 0 Å². The molecule has 0 unspecified atom stereocenters. The number of fused-ring (bicyclic) bond motifs is 1. The molecule has 138 valence electrons. The van der Waals surface area contributed by atoms with E-state index in [9.17, 15) is 17.6 Å². The first-order valence-corrected chi connectivity index (χ1v) is 9.64. The fourth-order valence-corrected chi connectivity index (χ4v) is 4.78. The van der Waals surface area contributed by atoms with Crippen LogP contribution >= 0.6 is 0 Å². The number of likely N-dealkylation sites (tertiary alicyclic amines) is 1. The zero-order valence-corrected chi connectivity index (χ0v) is 14.7. The maximum atomic E-state index is 13.5. The Morgan fingerprint density at radius 3 is 2.92 bits per heavy atom. The van der Waals surface area contributed by atoms with E-state index in [1.165, 1.54) is 23.5 Å². The molecule has 0 bridgehead atoms. The van der Waals surface area contributed by atoms with Crippen LogP contribution in [0.5, 0.6) is 0 Å². The number of rotatable bonds is 4. The Bertz CT molecular complexity index is 742. The highest BCUT2D eigenvalue weighted by molar-refractivity contribution is 7.89. The van der Waals surface area contributed by atoms with Crippen LogP contribution in [0.2, 0.25) is 0 Å². The van der Waals surface area contributed by atoms with Crippen molar-refractivity contribution in [2.75, 3.05) is 39.2 Å². The molecule has 7 nitrogen and oxygen atoms in total. The Hall–Kier alpha value is -1.55. The van der Waals surface area contributed by atoms with Crippen LogP contribution in [0.4, 0.5) is 4.39 Å². The molecule has 2 atom stereocenters. The van der Waals surface area contributed by atoms with Gasteiger partial charge in [0.15, 0.2) is 0 Å². The summed E-state index contributed by atoms with van der Waals surface area (Å²) >= 11 is 0. The van der Waals surface area contributed by atoms with E-state index < -0.39 is 28.0 Å². The van der Waals surface area contributed by atoms with Crippen LogP contribution in [0.3, 0.4) is 0 Å². The van der Waals surface area contributed by atoms with Crippen molar-refractivity contribution in [3.63, 3.8) is 0 Å². The third-order valence-electron chi connectivity index (χ3n) is 4.49. The summed E-state index contributed by atoms with van der Waals surface area (Å²) < 4.78 is 50.7. The Kier molecular flexibility index (Phi) is 5.38. The highest BCUT2D eigenvalue weighted by Gasteiger charge is 2.45. The number of sulfonamides is 1. The zero-order chi connectivity index (χ0) is 18.0. The number of carbonyl (C=O) groups excluding carboxylic acids is 1. The number of methoxy groups -OCH3 is 1. The SMILES string of the molecule is COCC(=O)N1C[C@@H]2OCCS(=O)(=O)N(Cc3cccc(F)c3)[C@@H]2C1. The van der Waals surface area contributed by atoms with Gasteiger partial charge in [0.2, 0.25) is 15.9 Å². The normalized spacial score (nSPS) is 26.2. The van der Waals surface area contributed by atoms with E-state index in [1.54, 1.807) is 17.0 Å². The molecule has 2 aliphatic heterocycles. The van der Waals surface area contributed by atoms with E-state index in [0.29, 0.717) is 12.1 Å². The minimum absolute atomic E-state index is 0.0525. The van der Waals surface area contributed by atoms with Crippen molar-refractivity contribution in [3.05, 3.63) is 35.6 Å². The summed E-state index contributed by atoms with van der Waals surface area (Å²) in [5.74, 6) is -0.746. The lowest BCUT2D eigenvalue weighted by molar-refractivity contribution is -0.134. The maximum absolute atomic E-state index is 13.5. The van der Waals surface area contributed by atoms with Gasteiger partial charge in [-0.3, -0.25) is 4.79 Å². The number of hydrogen-bond acceptors (Lipinski definition) is 5. The zero-order valence-electron chi connectivity index (χ0n) is 13.9. The maximum Gasteiger partial charge on any atom is 0.248 e. The first-order chi connectivity index (χ1) is 11.9. The van der Waals surface area contributed by atoms with Crippen molar-refractivity contribution in [1.82, 2.24) is 9.21 Å². The summed E-state index contributed by atoms with van der Waals surface area (Å²) in [6.45, 7) is 0.631. The lowest BCUT2D eigenvalue weighted by Gasteiger charge is -2.28. The monoisotopic (exact) mass is 372 g/mol. The number of carbonyl (C=O) groups is 1. The standard InChI is InChI=1S/C16H21FN2O5S/c1-23-11-16(20)18-9-14-15(10-18)24-5-6-25(21,22)19(14)8-12-3-2-4-13(17)7-12/h2-4,7,14-15H,5-6,8-11H2,1H3/t14-,15+/m1/s1. The van der Waals surface area contributed by atoms with Crippen LogP contribution in [0, 0.1) is 5.82 Å². The summed E-state index contributed by atoms with van der Waals surface area (Å²) in [5, 5.41) is 0. The van der Waals surface area contributed by atoms with E-state index >= 15 is 0 Å². The minimum atomic E-state index is -3.57. The largest absolute Gasteiger partial charge is 0.375 e. The van der Waals surface area contributed by atoms with Gasteiger partial charge < -0.3 is 14.4 Å². The summed E-state index contributed by atoms with van der Waals surface area (Å²) in [4.78, 5) is 13.6. The van der Waals surface area contributed by atoms with Gasteiger partial charge in [-0.1, -0.05) is 12.1 Å². The quantitative estimate of drug-likeness (QED) is 0.755. The van der Waals surface area contributed by atoms with E-state index in [-0.39, 0.29) is 38.0 Å². The van der Waals surface area contributed by atoms with Crippen LogP contribution in [-0.2, 0) is 30.8 Å². The molecule has 25 heavy (non-hydrogen) atoms. The molecule has 0 aliphatic carbocycles. The molecule has 2 fully saturated rings. The van der Waals surface area contributed by atoms with Crippen LogP contribution in [0.25, 0.3) is 0 Å². The average molecular weight is 372 g/mol. The summed E-state index contributed by atoms with van der Waals surface area (Å²) in [5.41, 5.74) is 0.561. The second kappa shape index (κ2) is 7.36. The Morgan fingerprint density at radius 1 is 1.40 bits per heavy atom. The first kappa shape index (κ1) is 18.2. The van der Waals surface area contributed by atoms with E-state index in [2.05, 4.69) is 0 Å². The van der Waals surface area contributed by atoms with Gasteiger partial charge in [0.1, 0.15) is 12.4 Å². The fourth-order valence-electron chi connectivity index (χ4n) is 3.27. The van der Waals surface area contributed by atoms with Gasteiger partial charge in [-0.15, -0.1) is 0 Å². The average Bonchev–Trinajstić information content (AvgIpc) is 2.92. The Morgan fingerprint density at radius 2 is 2.20 bits per heavy atom. The van der Waals surface area contributed by atoms with Gasteiger partial charge in [-0.05, 0) is 17.7 Å². The van der Waals surface area contributed by atoms with Crippen LogP contribution in [0.1, 0.15) is 5.56 Å². The third-order valence-corrected chi connectivity index (χ3v) is 6.28. The molecule has 0 saturated carbocycles. The predicted octanol–water partition coefficient (Wildman–Crippen LogP) is 0.214. The molecule has 1 aromatic carbocycles. The number of hydrogen-bond donors (Lipinski definition) is 0. The second-order valence-electron chi connectivity index (χ2n) is 6.20. The third kappa shape index (κ3) is 4.00. The highest BCUT2D eigenvalue weighted by atomic mass is 32.2. The summed E-state index contributed by atoms with van der Waals surface area (Å²) in [6, 6.07) is 5.37. The minimum Gasteiger partial charge on any atom is -0.375 e. The number of halogens is 1. The molecule has 1 aromatic rings. The number of amides is 1. The lowest BCUT2D eigenvalue weighted by atomic mass is 10.1. The molecule has 2 saturated heterocycles. The molecule has 0 N–H and O–H groups in total. The van der Waals surface area contributed by atoms with Gasteiger partial charge in [0.25, 0.3) is 0 Å². The van der Waals surface area contributed by atoms with Gasteiger partial charge >= 0.3 is 0 Å². The Labute approximate surface area is 146 Å². The topological polar surface area (TPSA) is 76.1 Å². The molecule has 0 aromatic heterocycles. The van der Waals surface area contributed by atoms with Gasteiger partial charge in [-0.2, -0.15) is 4.31 Å². The molecule has 0 spiro atoms. The number of nitrogens with zero attached hydrogens (tertiary/aromatic N) is 2. The van der Waals surface area contributed by atoms with Crippen molar-refractivity contribution < 1.29 is 27.1 Å². The number of benzene rings is 1. The lowest BCUT2D eigenvalue weighted by Crippen LogP contribution is -2.45. The molecule has 2 heterocycles. The van der Waals surface area contributed by atoms with Crippen molar-refractivity contribution >= 4 is 15.9 Å². The van der Waals surface area contributed by atoms with E-state index in [0.717, 1.165) is 0 Å². The van der Waals surface area contributed by atoms with Crippen molar-refractivity contribution in [2.24, 2.45) is 0 Å². The van der Waals surface area contributed by atoms with Crippen LogP contribution in [0.15, 0.2) is 24.3 Å². The first-order valence-electron chi connectivity index (χ1n) is 8.03. The Balaban J connectivity index is 1.85. The molecule has 0 radical (unpaired) electrons. The van der Waals surface area contributed by atoms with Crippen LogP contribution in [-0.4, -0.2) is 74.8 Å². The van der Waals surface area contributed by atoms with Crippen molar-refractivity contribution in [3.8, 4) is 0 Å². The fraction of sp³-hybridized carbons (Fsp3) is 0.562. The molecule has 1 amide bonds. The van der Waals surface area contributed by atoms with E-state index in [1.807, 2.05) is 0 Å². The van der Waals surface area contributed by atoms with Crippen molar-refractivity contribution in [1.29, 1.82) is 0 Å². The smallest absolute Gasteiger partial charge is 0.248 e. The van der Waals surface area contributed by atoms with Gasteiger partial charge in [0, 0.05) is 26.7 Å². The molecule has 3 rings (SSSR count). The van der Waals surface area contributed by atoms with Gasteiger partial charge in [0.05, 0.1) is 24.5 Å². The summed E-state index contributed by atoms with van der Waals surface area (Å²) in [6.07, 6.45) is -0.397. The predicted molar refractivity (Wildman–Crippen MR) is 87.7 cm³/mol. The van der Waals surface area contributed by atoms with Gasteiger partial charge in [-0.25, -0.2) is 12.8 Å². The molecule has 9 heteroatoms. The number of ether oxygens (including phenoxy) is 2. The van der Waals surface area contributed by atoms with E-state index in [4.69, 9.17) is 9.47 Å².